The lowest BCUT2D eigenvalue weighted by Gasteiger charge is -2.34. The smallest absolute Gasteiger partial charge is 0.0586 e. The quantitative estimate of drug-likeness (QED) is 0.547. The SMILES string of the molecule is OC[C@H]1CCCCN1CCCCCl. The predicted octanol–water partition coefficient (Wildman–Crippen LogP) is 1.85. The molecule has 0 amide bonds. The monoisotopic (exact) mass is 205 g/mol. The fourth-order valence-corrected chi connectivity index (χ4v) is 2.16. The van der Waals surface area contributed by atoms with E-state index in [2.05, 4.69) is 4.90 Å². The highest BCUT2D eigenvalue weighted by Gasteiger charge is 2.20. The Hall–Kier alpha value is 0.210. The Bertz CT molecular complexity index is 132. The fraction of sp³-hybridized carbons (Fsp3) is 1.00. The van der Waals surface area contributed by atoms with E-state index in [1.54, 1.807) is 0 Å². The molecule has 1 heterocycles. The third kappa shape index (κ3) is 3.84. The number of halogens is 1. The van der Waals surface area contributed by atoms with Gasteiger partial charge >= 0.3 is 0 Å². The number of rotatable bonds is 5. The molecule has 0 bridgehead atoms. The Morgan fingerprint density at radius 3 is 2.85 bits per heavy atom. The van der Waals surface area contributed by atoms with E-state index >= 15 is 0 Å². The van der Waals surface area contributed by atoms with Crippen LogP contribution in [0.15, 0.2) is 0 Å². The van der Waals surface area contributed by atoms with Crippen LogP contribution in [0.1, 0.15) is 32.1 Å². The van der Waals surface area contributed by atoms with Crippen molar-refractivity contribution in [1.82, 2.24) is 4.90 Å². The minimum Gasteiger partial charge on any atom is -0.395 e. The zero-order chi connectivity index (χ0) is 9.52. The first-order chi connectivity index (χ1) is 6.38. The number of aliphatic hydroxyl groups excluding tert-OH is 1. The van der Waals surface area contributed by atoms with E-state index in [-0.39, 0.29) is 0 Å². The number of aliphatic hydroxyl groups is 1. The van der Waals surface area contributed by atoms with Crippen molar-refractivity contribution in [2.24, 2.45) is 0 Å². The van der Waals surface area contributed by atoms with Crippen LogP contribution >= 0.6 is 11.6 Å². The third-order valence-electron chi connectivity index (χ3n) is 2.79. The normalized spacial score (nSPS) is 24.9. The Kier molecular flexibility index (Phi) is 5.76. The van der Waals surface area contributed by atoms with Gasteiger partial charge in [0.2, 0.25) is 0 Å². The molecule has 0 spiro atoms. The van der Waals surface area contributed by atoms with Gasteiger partial charge < -0.3 is 5.11 Å². The first kappa shape index (κ1) is 11.3. The minimum atomic E-state index is 0.320. The van der Waals surface area contributed by atoms with Crippen LogP contribution in [0.3, 0.4) is 0 Å². The molecule has 13 heavy (non-hydrogen) atoms. The number of unbranched alkanes of at least 4 members (excludes halogenated alkanes) is 1. The van der Waals surface area contributed by atoms with Crippen LogP contribution in [0.25, 0.3) is 0 Å². The van der Waals surface area contributed by atoms with Crippen molar-refractivity contribution in [2.45, 2.75) is 38.1 Å². The largest absolute Gasteiger partial charge is 0.395 e. The molecule has 78 valence electrons. The third-order valence-corrected chi connectivity index (χ3v) is 3.06. The lowest BCUT2D eigenvalue weighted by molar-refractivity contribution is 0.0891. The highest BCUT2D eigenvalue weighted by atomic mass is 35.5. The number of nitrogens with zero attached hydrogens (tertiary/aromatic N) is 1. The van der Waals surface area contributed by atoms with E-state index in [0.717, 1.165) is 31.8 Å². The molecule has 1 saturated heterocycles. The molecule has 1 atom stereocenters. The van der Waals surface area contributed by atoms with Gasteiger partial charge in [0.15, 0.2) is 0 Å². The average molecular weight is 206 g/mol. The molecule has 1 N–H and O–H groups in total. The molecule has 0 aromatic heterocycles. The zero-order valence-electron chi connectivity index (χ0n) is 8.21. The van der Waals surface area contributed by atoms with Gasteiger partial charge in [-0.1, -0.05) is 6.42 Å². The second kappa shape index (κ2) is 6.63. The van der Waals surface area contributed by atoms with Gasteiger partial charge in [-0.25, -0.2) is 0 Å². The molecule has 0 saturated carbocycles. The molecule has 2 nitrogen and oxygen atoms in total. The maximum absolute atomic E-state index is 9.15. The van der Waals surface area contributed by atoms with Crippen molar-refractivity contribution < 1.29 is 5.11 Å². The summed E-state index contributed by atoms with van der Waals surface area (Å²) in [5, 5.41) is 9.15. The highest BCUT2D eigenvalue weighted by molar-refractivity contribution is 6.17. The summed E-state index contributed by atoms with van der Waals surface area (Å²) in [6, 6.07) is 0.420. The summed E-state index contributed by atoms with van der Waals surface area (Å²) in [7, 11) is 0. The van der Waals surface area contributed by atoms with Gasteiger partial charge in [0.1, 0.15) is 0 Å². The molecule has 0 unspecified atom stereocenters. The van der Waals surface area contributed by atoms with Crippen molar-refractivity contribution in [3.63, 3.8) is 0 Å². The molecule has 1 fully saturated rings. The van der Waals surface area contributed by atoms with E-state index in [4.69, 9.17) is 16.7 Å². The first-order valence-electron chi connectivity index (χ1n) is 5.29. The molecule has 0 aliphatic carbocycles. The molecular weight excluding hydrogens is 186 g/mol. The fourth-order valence-electron chi connectivity index (χ4n) is 1.97. The maximum atomic E-state index is 9.15. The Morgan fingerprint density at radius 1 is 1.31 bits per heavy atom. The molecule has 1 rings (SSSR count). The molecule has 1 aliphatic heterocycles. The van der Waals surface area contributed by atoms with Gasteiger partial charge in [-0.2, -0.15) is 0 Å². The van der Waals surface area contributed by atoms with Gasteiger partial charge in [0.25, 0.3) is 0 Å². The average Bonchev–Trinajstić information content (AvgIpc) is 2.19. The number of piperidine rings is 1. The van der Waals surface area contributed by atoms with Crippen LogP contribution in [0.2, 0.25) is 0 Å². The second-order valence-corrected chi connectivity index (χ2v) is 4.14. The standard InChI is InChI=1S/C10H20ClNO/c11-6-2-4-8-12-7-3-1-5-10(12)9-13/h10,13H,1-9H2/t10-/m1/s1. The summed E-state index contributed by atoms with van der Waals surface area (Å²) in [5.74, 6) is 0.762. The van der Waals surface area contributed by atoms with E-state index in [1.807, 2.05) is 0 Å². The zero-order valence-corrected chi connectivity index (χ0v) is 8.97. The Labute approximate surface area is 85.9 Å². The van der Waals surface area contributed by atoms with Gasteiger partial charge in [0.05, 0.1) is 6.61 Å². The number of likely N-dealkylation sites (tertiary alicyclic amines) is 1. The predicted molar refractivity (Wildman–Crippen MR) is 56.3 cm³/mol. The van der Waals surface area contributed by atoms with Crippen molar-refractivity contribution in [2.75, 3.05) is 25.6 Å². The second-order valence-electron chi connectivity index (χ2n) is 3.76. The molecule has 1 aliphatic rings. The highest BCUT2D eigenvalue weighted by Crippen LogP contribution is 2.16. The first-order valence-corrected chi connectivity index (χ1v) is 5.83. The van der Waals surface area contributed by atoms with E-state index in [9.17, 15) is 0 Å². The molecule has 3 heteroatoms. The van der Waals surface area contributed by atoms with Crippen molar-refractivity contribution in [3.8, 4) is 0 Å². The lowest BCUT2D eigenvalue weighted by atomic mass is 10.0. The number of hydrogen-bond donors (Lipinski definition) is 1. The summed E-state index contributed by atoms with van der Waals surface area (Å²) in [5.41, 5.74) is 0. The maximum Gasteiger partial charge on any atom is 0.0586 e. The minimum absolute atomic E-state index is 0.320. The van der Waals surface area contributed by atoms with Gasteiger partial charge in [-0.3, -0.25) is 4.90 Å². The van der Waals surface area contributed by atoms with Crippen molar-refractivity contribution in [3.05, 3.63) is 0 Å². The van der Waals surface area contributed by atoms with Crippen LogP contribution in [0, 0.1) is 0 Å². The van der Waals surface area contributed by atoms with E-state index < -0.39 is 0 Å². The van der Waals surface area contributed by atoms with Crippen LogP contribution in [0.4, 0.5) is 0 Å². The van der Waals surface area contributed by atoms with Crippen LogP contribution < -0.4 is 0 Å². The summed E-state index contributed by atoms with van der Waals surface area (Å²) >= 11 is 5.62. The van der Waals surface area contributed by atoms with Gasteiger partial charge in [0, 0.05) is 11.9 Å². The van der Waals surface area contributed by atoms with E-state index in [0.29, 0.717) is 12.6 Å². The van der Waals surface area contributed by atoms with Crippen molar-refractivity contribution >= 4 is 11.6 Å². The molecule has 0 aromatic rings. The van der Waals surface area contributed by atoms with Crippen LogP contribution in [0.5, 0.6) is 0 Å². The summed E-state index contributed by atoms with van der Waals surface area (Å²) in [6.45, 7) is 2.59. The number of alkyl halides is 1. The molecule has 0 aromatic carbocycles. The van der Waals surface area contributed by atoms with Crippen molar-refractivity contribution in [1.29, 1.82) is 0 Å². The van der Waals surface area contributed by atoms with Crippen LogP contribution in [-0.2, 0) is 0 Å². The summed E-state index contributed by atoms with van der Waals surface area (Å²) < 4.78 is 0. The van der Waals surface area contributed by atoms with Gasteiger partial charge in [-0.05, 0) is 38.8 Å². The lowest BCUT2D eigenvalue weighted by Crippen LogP contribution is -2.42. The van der Waals surface area contributed by atoms with Crippen LogP contribution in [-0.4, -0.2) is 41.6 Å². The molecular formula is C10H20ClNO. The Morgan fingerprint density at radius 2 is 2.15 bits per heavy atom. The topological polar surface area (TPSA) is 23.5 Å². The summed E-state index contributed by atoms with van der Waals surface area (Å²) in [4.78, 5) is 2.41. The summed E-state index contributed by atoms with van der Waals surface area (Å²) in [6.07, 6.45) is 5.99. The number of hydrogen-bond acceptors (Lipinski definition) is 2. The van der Waals surface area contributed by atoms with E-state index in [1.165, 1.54) is 19.3 Å². The Balaban J connectivity index is 2.19. The molecule has 0 radical (unpaired) electrons. The van der Waals surface area contributed by atoms with Gasteiger partial charge in [-0.15, -0.1) is 11.6 Å².